The van der Waals surface area contributed by atoms with Crippen molar-refractivity contribution in [3.8, 4) is 5.75 Å². The summed E-state index contributed by atoms with van der Waals surface area (Å²) >= 11 is 5.91. The van der Waals surface area contributed by atoms with Crippen LogP contribution >= 0.6 is 11.6 Å². The second-order valence-corrected chi connectivity index (χ2v) is 5.90. The van der Waals surface area contributed by atoms with Gasteiger partial charge in [0.25, 0.3) is 11.8 Å². The summed E-state index contributed by atoms with van der Waals surface area (Å²) in [6, 6.07) is 8.76. The molecular weight excluding hydrogens is 347 g/mol. The Morgan fingerprint density at radius 3 is 2.88 bits per heavy atom. The van der Waals surface area contributed by atoms with E-state index in [9.17, 15) is 14.0 Å². The lowest BCUT2D eigenvalue weighted by Crippen LogP contribution is -2.32. The molecule has 0 spiro atoms. The Kier molecular flexibility index (Phi) is 4.90. The molecule has 0 aromatic heterocycles. The zero-order valence-electron chi connectivity index (χ0n) is 13.5. The van der Waals surface area contributed by atoms with Gasteiger partial charge in [-0.3, -0.25) is 9.59 Å². The Balaban J connectivity index is 1.90. The van der Waals surface area contributed by atoms with E-state index in [2.05, 4.69) is 5.32 Å². The minimum atomic E-state index is -0.712. The first-order valence-corrected chi connectivity index (χ1v) is 8.20. The molecule has 0 fully saturated rings. The monoisotopic (exact) mass is 362 g/mol. The van der Waals surface area contributed by atoms with Crippen LogP contribution < -0.4 is 10.1 Å². The first-order chi connectivity index (χ1) is 12.0. The Morgan fingerprint density at radius 1 is 1.36 bits per heavy atom. The molecule has 3 rings (SSSR count). The number of hydrogen-bond acceptors (Lipinski definition) is 3. The van der Waals surface area contributed by atoms with Crippen molar-refractivity contribution in [2.24, 2.45) is 0 Å². The topological polar surface area (TPSA) is 58.6 Å². The van der Waals surface area contributed by atoms with E-state index in [1.807, 2.05) is 6.92 Å². The van der Waals surface area contributed by atoms with E-state index >= 15 is 0 Å². The van der Waals surface area contributed by atoms with Gasteiger partial charge in [0.1, 0.15) is 18.2 Å². The molecule has 0 atom stereocenters. The van der Waals surface area contributed by atoms with Crippen molar-refractivity contribution >= 4 is 29.1 Å². The Morgan fingerprint density at radius 2 is 2.16 bits per heavy atom. The SMILES string of the molecule is CCN1CCOc2ccc(NC(=O)c3c(F)cccc3Cl)cc2C1=O. The van der Waals surface area contributed by atoms with E-state index in [0.717, 1.165) is 6.07 Å². The number of amides is 2. The number of anilines is 1. The van der Waals surface area contributed by atoms with Gasteiger partial charge in [0.2, 0.25) is 0 Å². The second kappa shape index (κ2) is 7.11. The van der Waals surface area contributed by atoms with Crippen molar-refractivity contribution in [3.63, 3.8) is 0 Å². The highest BCUT2D eigenvalue weighted by molar-refractivity contribution is 6.34. The highest BCUT2D eigenvalue weighted by Gasteiger charge is 2.23. The summed E-state index contributed by atoms with van der Waals surface area (Å²) in [5, 5.41) is 2.59. The molecule has 1 aliphatic rings. The summed E-state index contributed by atoms with van der Waals surface area (Å²) in [6.07, 6.45) is 0. The highest BCUT2D eigenvalue weighted by Crippen LogP contribution is 2.27. The van der Waals surface area contributed by atoms with E-state index < -0.39 is 11.7 Å². The van der Waals surface area contributed by atoms with E-state index in [1.54, 1.807) is 17.0 Å². The quantitative estimate of drug-likeness (QED) is 0.907. The van der Waals surface area contributed by atoms with Crippen molar-refractivity contribution in [3.05, 3.63) is 58.4 Å². The molecule has 1 aliphatic heterocycles. The molecule has 130 valence electrons. The van der Waals surface area contributed by atoms with Crippen LogP contribution in [0.5, 0.6) is 5.75 Å². The van der Waals surface area contributed by atoms with Gasteiger partial charge in [-0.15, -0.1) is 0 Å². The van der Waals surface area contributed by atoms with Gasteiger partial charge in [-0.2, -0.15) is 0 Å². The van der Waals surface area contributed by atoms with Crippen molar-refractivity contribution in [1.29, 1.82) is 0 Å². The number of nitrogens with zero attached hydrogens (tertiary/aromatic N) is 1. The lowest BCUT2D eigenvalue weighted by Gasteiger charge is -2.17. The van der Waals surface area contributed by atoms with Crippen LogP contribution in [-0.4, -0.2) is 36.4 Å². The van der Waals surface area contributed by atoms with E-state index in [4.69, 9.17) is 16.3 Å². The van der Waals surface area contributed by atoms with Crippen LogP contribution in [0.25, 0.3) is 0 Å². The highest BCUT2D eigenvalue weighted by atomic mass is 35.5. The molecule has 0 bridgehead atoms. The molecule has 1 N–H and O–H groups in total. The van der Waals surface area contributed by atoms with Crippen LogP contribution in [0.4, 0.5) is 10.1 Å². The summed E-state index contributed by atoms with van der Waals surface area (Å²) in [5.41, 5.74) is 0.478. The number of carbonyl (C=O) groups is 2. The third kappa shape index (κ3) is 3.44. The molecule has 25 heavy (non-hydrogen) atoms. The number of ether oxygens (including phenoxy) is 1. The van der Waals surface area contributed by atoms with Crippen LogP contribution in [0.1, 0.15) is 27.6 Å². The van der Waals surface area contributed by atoms with Gasteiger partial charge in [-0.25, -0.2) is 4.39 Å². The summed E-state index contributed by atoms with van der Waals surface area (Å²) in [7, 11) is 0. The molecular formula is C18H16ClFN2O3. The molecule has 1 heterocycles. The molecule has 7 heteroatoms. The molecule has 0 saturated heterocycles. The van der Waals surface area contributed by atoms with Crippen LogP contribution in [0.3, 0.4) is 0 Å². The Labute approximate surface area is 149 Å². The maximum atomic E-state index is 13.9. The van der Waals surface area contributed by atoms with Crippen LogP contribution in [0.15, 0.2) is 36.4 Å². The van der Waals surface area contributed by atoms with Gasteiger partial charge in [0, 0.05) is 12.2 Å². The minimum Gasteiger partial charge on any atom is -0.491 e. The fourth-order valence-corrected chi connectivity index (χ4v) is 2.90. The maximum absolute atomic E-state index is 13.9. The van der Waals surface area contributed by atoms with Gasteiger partial charge in [-0.1, -0.05) is 17.7 Å². The smallest absolute Gasteiger partial charge is 0.260 e. The first-order valence-electron chi connectivity index (χ1n) is 7.82. The lowest BCUT2D eigenvalue weighted by atomic mass is 10.1. The number of benzene rings is 2. The van der Waals surface area contributed by atoms with Gasteiger partial charge >= 0.3 is 0 Å². The normalized spacial score (nSPS) is 13.7. The average Bonchev–Trinajstić information content (AvgIpc) is 2.74. The minimum absolute atomic E-state index is 0.0174. The molecule has 5 nitrogen and oxygen atoms in total. The molecule has 0 aliphatic carbocycles. The Bertz CT molecular complexity index is 821. The Hall–Kier alpha value is -2.60. The van der Waals surface area contributed by atoms with Crippen LogP contribution in [0.2, 0.25) is 5.02 Å². The average molecular weight is 363 g/mol. The third-order valence-electron chi connectivity index (χ3n) is 3.95. The van der Waals surface area contributed by atoms with Crippen molar-refractivity contribution in [1.82, 2.24) is 4.90 Å². The van der Waals surface area contributed by atoms with Gasteiger partial charge in [-0.05, 0) is 37.3 Å². The number of rotatable bonds is 3. The fraction of sp³-hybridized carbons (Fsp3) is 0.222. The predicted molar refractivity (Wildman–Crippen MR) is 92.9 cm³/mol. The van der Waals surface area contributed by atoms with E-state index in [-0.39, 0.29) is 16.5 Å². The number of carbonyl (C=O) groups excluding carboxylic acids is 2. The fourth-order valence-electron chi connectivity index (χ4n) is 2.65. The first kappa shape index (κ1) is 17.2. The molecule has 0 saturated carbocycles. The molecule has 0 radical (unpaired) electrons. The zero-order chi connectivity index (χ0) is 18.0. The number of hydrogen-bond donors (Lipinski definition) is 1. The third-order valence-corrected chi connectivity index (χ3v) is 4.26. The van der Waals surface area contributed by atoms with Crippen molar-refractivity contribution < 1.29 is 18.7 Å². The summed E-state index contributed by atoms with van der Waals surface area (Å²) in [6.45, 7) is 3.34. The van der Waals surface area contributed by atoms with Crippen LogP contribution in [0, 0.1) is 5.82 Å². The number of nitrogens with one attached hydrogen (secondary N) is 1. The predicted octanol–water partition coefficient (Wildman–Crippen LogP) is 3.59. The largest absolute Gasteiger partial charge is 0.491 e. The van der Waals surface area contributed by atoms with Crippen molar-refractivity contribution in [2.75, 3.05) is 25.0 Å². The van der Waals surface area contributed by atoms with Gasteiger partial charge in [0.05, 0.1) is 22.7 Å². The lowest BCUT2D eigenvalue weighted by molar-refractivity contribution is 0.0764. The molecule has 2 aromatic rings. The van der Waals surface area contributed by atoms with E-state index in [1.165, 1.54) is 18.2 Å². The summed E-state index contributed by atoms with van der Waals surface area (Å²) in [5.74, 6) is -1.10. The number of halogens is 2. The number of fused-ring (bicyclic) bond motifs is 1. The molecule has 0 unspecified atom stereocenters. The molecule has 2 aromatic carbocycles. The van der Waals surface area contributed by atoms with E-state index in [0.29, 0.717) is 36.7 Å². The van der Waals surface area contributed by atoms with Crippen LogP contribution in [-0.2, 0) is 0 Å². The zero-order valence-corrected chi connectivity index (χ0v) is 14.3. The standard InChI is InChI=1S/C18H16ClFN2O3/c1-2-22-8-9-25-15-7-6-11(10-12(15)18(22)24)21-17(23)16-13(19)4-3-5-14(16)20/h3-7,10H,2,8-9H2,1H3,(H,21,23). The molecule has 2 amide bonds. The van der Waals surface area contributed by atoms with Crippen molar-refractivity contribution in [2.45, 2.75) is 6.92 Å². The number of likely N-dealkylation sites (N-methyl/N-ethyl adjacent to an activating group) is 1. The summed E-state index contributed by atoms with van der Waals surface area (Å²) in [4.78, 5) is 26.5. The second-order valence-electron chi connectivity index (χ2n) is 5.50. The maximum Gasteiger partial charge on any atom is 0.260 e. The summed E-state index contributed by atoms with van der Waals surface area (Å²) < 4.78 is 19.4. The van der Waals surface area contributed by atoms with Gasteiger partial charge in [0.15, 0.2) is 0 Å². The van der Waals surface area contributed by atoms with Gasteiger partial charge < -0.3 is 15.0 Å².